The van der Waals surface area contributed by atoms with Crippen molar-refractivity contribution < 1.29 is 4.79 Å². The molecule has 14 heavy (non-hydrogen) atoms. The zero-order valence-corrected chi connectivity index (χ0v) is 8.34. The van der Waals surface area contributed by atoms with E-state index in [2.05, 4.69) is 22.2 Å². The molecule has 1 aromatic rings. The number of nitrogens with two attached hydrogens (primary N) is 1. The normalized spacial score (nSPS) is 10.1. The Hall–Kier alpha value is -1.52. The summed E-state index contributed by atoms with van der Waals surface area (Å²) >= 11 is 0. The molecule has 0 bridgehead atoms. The number of H-pyrrole nitrogens is 1. The summed E-state index contributed by atoms with van der Waals surface area (Å²) in [4.78, 5) is 17.3. The van der Waals surface area contributed by atoms with Crippen LogP contribution in [0.25, 0.3) is 0 Å². The Kier molecular flexibility index (Phi) is 3.97. The number of nitrogens with zero attached hydrogens (tertiary/aromatic N) is 1. The molecule has 0 atom stereocenters. The van der Waals surface area contributed by atoms with Crippen LogP contribution in [0.3, 0.4) is 0 Å². The first-order valence-electron chi connectivity index (χ1n) is 4.82. The summed E-state index contributed by atoms with van der Waals surface area (Å²) in [6.45, 7) is 3.04. The van der Waals surface area contributed by atoms with Crippen molar-refractivity contribution in [1.29, 1.82) is 0 Å². The average molecular weight is 196 g/mol. The van der Waals surface area contributed by atoms with Crippen LogP contribution < -0.4 is 11.1 Å². The Bertz CT molecular complexity index is 295. The highest BCUT2D eigenvalue weighted by molar-refractivity contribution is 5.89. The largest absolute Gasteiger partial charge is 0.370 e. The molecule has 0 spiro atoms. The van der Waals surface area contributed by atoms with E-state index in [4.69, 9.17) is 5.73 Å². The number of aromatic nitrogens is 2. The van der Waals surface area contributed by atoms with Gasteiger partial charge in [-0.15, -0.1) is 0 Å². The maximum Gasteiger partial charge on any atom is 0.284 e. The molecule has 0 unspecified atom stereocenters. The topological polar surface area (TPSA) is 83.8 Å². The summed E-state index contributed by atoms with van der Waals surface area (Å²) in [6, 6.07) is 0. The van der Waals surface area contributed by atoms with Gasteiger partial charge in [-0.25, -0.2) is 4.98 Å². The Balaban J connectivity index is 2.33. The Labute approximate surface area is 83.1 Å². The van der Waals surface area contributed by atoms with Crippen LogP contribution >= 0.6 is 0 Å². The van der Waals surface area contributed by atoms with Gasteiger partial charge in [0, 0.05) is 6.54 Å². The minimum Gasteiger partial charge on any atom is -0.370 e. The number of rotatable bonds is 6. The molecule has 5 heteroatoms. The molecule has 0 aliphatic carbocycles. The van der Waals surface area contributed by atoms with Gasteiger partial charge in [-0.1, -0.05) is 19.8 Å². The van der Waals surface area contributed by atoms with Crippen LogP contribution in [0.5, 0.6) is 0 Å². The fraction of sp³-hybridized carbons (Fsp3) is 0.556. The number of imidazole rings is 1. The summed E-state index contributed by atoms with van der Waals surface area (Å²) in [5.41, 5.74) is 5.04. The smallest absolute Gasteiger partial charge is 0.284 e. The summed E-state index contributed by atoms with van der Waals surface area (Å²) < 4.78 is 0. The number of amides is 1. The lowest BCUT2D eigenvalue weighted by atomic mass is 10.2. The monoisotopic (exact) mass is 196 g/mol. The third-order valence-electron chi connectivity index (χ3n) is 1.90. The number of hydrogen-bond acceptors (Lipinski definition) is 3. The zero-order valence-electron chi connectivity index (χ0n) is 8.34. The van der Waals surface area contributed by atoms with Gasteiger partial charge in [0.05, 0.1) is 6.20 Å². The first-order valence-corrected chi connectivity index (χ1v) is 4.82. The van der Waals surface area contributed by atoms with Crippen LogP contribution in [-0.2, 0) is 0 Å². The van der Waals surface area contributed by atoms with Gasteiger partial charge >= 0.3 is 0 Å². The number of aromatic amines is 1. The number of hydrogen-bond donors (Lipinski definition) is 3. The van der Waals surface area contributed by atoms with Gasteiger partial charge in [0.2, 0.25) is 0 Å². The Morgan fingerprint density at radius 1 is 1.64 bits per heavy atom. The van der Waals surface area contributed by atoms with E-state index in [0.717, 1.165) is 18.8 Å². The highest BCUT2D eigenvalue weighted by Crippen LogP contribution is 2.03. The van der Waals surface area contributed by atoms with E-state index in [1.807, 2.05) is 0 Å². The summed E-state index contributed by atoms with van der Waals surface area (Å²) in [5, 5.41) is 3.13. The highest BCUT2D eigenvalue weighted by atomic mass is 16.1. The second-order valence-electron chi connectivity index (χ2n) is 3.14. The van der Waals surface area contributed by atoms with Crippen LogP contribution in [0.4, 0.5) is 5.82 Å². The van der Waals surface area contributed by atoms with Crippen LogP contribution in [0.2, 0.25) is 0 Å². The van der Waals surface area contributed by atoms with Crippen molar-refractivity contribution in [2.75, 3.05) is 11.9 Å². The minimum atomic E-state index is -0.536. The van der Waals surface area contributed by atoms with E-state index >= 15 is 0 Å². The third kappa shape index (κ3) is 3.08. The molecule has 0 aliphatic rings. The van der Waals surface area contributed by atoms with Crippen molar-refractivity contribution in [2.24, 2.45) is 5.73 Å². The van der Waals surface area contributed by atoms with Gasteiger partial charge in [0.15, 0.2) is 5.82 Å². The number of nitrogens with one attached hydrogen (secondary N) is 2. The van der Waals surface area contributed by atoms with E-state index in [1.165, 1.54) is 12.8 Å². The molecule has 1 heterocycles. The fourth-order valence-corrected chi connectivity index (χ4v) is 1.13. The maximum absolute atomic E-state index is 10.7. The summed E-state index contributed by atoms with van der Waals surface area (Å²) in [6.07, 6.45) is 5.08. The van der Waals surface area contributed by atoms with Crippen molar-refractivity contribution >= 4 is 11.7 Å². The van der Waals surface area contributed by atoms with Crippen LogP contribution in [0.15, 0.2) is 6.20 Å². The predicted molar refractivity (Wildman–Crippen MR) is 55.1 cm³/mol. The second-order valence-corrected chi connectivity index (χ2v) is 3.14. The van der Waals surface area contributed by atoms with Gasteiger partial charge in [-0.3, -0.25) is 4.79 Å². The van der Waals surface area contributed by atoms with E-state index in [0.29, 0.717) is 0 Å². The number of primary amides is 1. The van der Waals surface area contributed by atoms with Crippen LogP contribution in [-0.4, -0.2) is 22.4 Å². The molecule has 5 nitrogen and oxygen atoms in total. The molecule has 0 aromatic carbocycles. The van der Waals surface area contributed by atoms with Gasteiger partial charge in [0.1, 0.15) is 5.82 Å². The first-order chi connectivity index (χ1) is 6.74. The first kappa shape index (κ1) is 10.6. The van der Waals surface area contributed by atoms with Crippen molar-refractivity contribution in [2.45, 2.75) is 26.2 Å². The van der Waals surface area contributed by atoms with E-state index in [9.17, 15) is 4.79 Å². The lowest BCUT2D eigenvalue weighted by molar-refractivity contribution is 0.0991. The maximum atomic E-state index is 10.7. The fourth-order valence-electron chi connectivity index (χ4n) is 1.13. The Morgan fingerprint density at radius 3 is 3.00 bits per heavy atom. The summed E-state index contributed by atoms with van der Waals surface area (Å²) in [5.74, 6) is 0.407. The van der Waals surface area contributed by atoms with Gasteiger partial charge in [-0.2, -0.15) is 0 Å². The van der Waals surface area contributed by atoms with E-state index in [-0.39, 0.29) is 5.82 Å². The van der Waals surface area contributed by atoms with Crippen molar-refractivity contribution in [3.8, 4) is 0 Å². The number of carbonyl (C=O) groups is 1. The molecule has 1 rings (SSSR count). The number of unbranched alkanes of at least 4 members (excludes halogenated alkanes) is 2. The molecule has 1 amide bonds. The average Bonchev–Trinajstić information content (AvgIpc) is 2.61. The quantitative estimate of drug-likeness (QED) is 0.596. The highest BCUT2D eigenvalue weighted by Gasteiger charge is 2.04. The molecule has 0 saturated heterocycles. The van der Waals surface area contributed by atoms with Crippen LogP contribution in [0.1, 0.15) is 36.8 Å². The number of carbonyl (C=O) groups excluding carboxylic acids is 1. The molecule has 0 saturated carbocycles. The standard InChI is InChI=1S/C9H16N4O/c1-2-3-4-5-11-7-6-12-9(13-7)8(10)14/h6,11H,2-5H2,1H3,(H2,10,14)(H,12,13). The van der Waals surface area contributed by atoms with E-state index in [1.54, 1.807) is 6.20 Å². The molecular weight excluding hydrogens is 180 g/mol. The lowest BCUT2D eigenvalue weighted by Crippen LogP contribution is -2.13. The molecule has 78 valence electrons. The van der Waals surface area contributed by atoms with Crippen LogP contribution in [0, 0.1) is 0 Å². The van der Waals surface area contributed by atoms with E-state index < -0.39 is 5.91 Å². The van der Waals surface area contributed by atoms with Gasteiger partial charge < -0.3 is 16.0 Å². The molecule has 4 N–H and O–H groups in total. The molecular formula is C9H16N4O. The molecule has 1 aromatic heterocycles. The summed E-state index contributed by atoms with van der Waals surface area (Å²) in [7, 11) is 0. The molecule has 0 aliphatic heterocycles. The van der Waals surface area contributed by atoms with Gasteiger partial charge in [0.25, 0.3) is 5.91 Å². The lowest BCUT2D eigenvalue weighted by Gasteiger charge is -2.01. The van der Waals surface area contributed by atoms with Gasteiger partial charge in [-0.05, 0) is 6.42 Å². The van der Waals surface area contributed by atoms with Crippen molar-refractivity contribution in [1.82, 2.24) is 9.97 Å². The minimum absolute atomic E-state index is 0.197. The SMILES string of the molecule is CCCCCNc1cnc(C(N)=O)[nH]1. The van der Waals surface area contributed by atoms with Crippen molar-refractivity contribution in [3.05, 3.63) is 12.0 Å². The third-order valence-corrected chi connectivity index (χ3v) is 1.90. The molecule has 0 radical (unpaired) electrons. The molecule has 0 fully saturated rings. The second kappa shape index (κ2) is 5.26. The predicted octanol–water partition coefficient (Wildman–Crippen LogP) is 1.11. The Morgan fingerprint density at radius 2 is 2.43 bits per heavy atom. The zero-order chi connectivity index (χ0) is 10.4. The van der Waals surface area contributed by atoms with Crippen molar-refractivity contribution in [3.63, 3.8) is 0 Å². The number of anilines is 1.